The van der Waals surface area contributed by atoms with Crippen LogP contribution in [-0.4, -0.2) is 23.1 Å². The van der Waals surface area contributed by atoms with Crippen LogP contribution in [0.25, 0.3) is 0 Å². The second-order valence-electron chi connectivity index (χ2n) is 7.83. The molecule has 0 amide bonds. The molecule has 1 saturated heterocycles. The zero-order valence-corrected chi connectivity index (χ0v) is 16.0. The summed E-state index contributed by atoms with van der Waals surface area (Å²) in [4.78, 5) is 12.9. The molecular weight excluding hydrogens is 324 g/mol. The minimum absolute atomic E-state index is 0.192. The van der Waals surface area contributed by atoms with E-state index in [0.29, 0.717) is 6.54 Å². The molecule has 1 aliphatic carbocycles. The number of hydrogen-bond acceptors (Lipinski definition) is 2. The lowest BCUT2D eigenvalue weighted by molar-refractivity contribution is -0.683. The smallest absolute Gasteiger partial charge is 0.229 e. The third-order valence-corrected chi connectivity index (χ3v) is 5.95. The Labute approximate surface area is 155 Å². The summed E-state index contributed by atoms with van der Waals surface area (Å²) in [6.45, 7) is 6.29. The van der Waals surface area contributed by atoms with Crippen LogP contribution in [0, 0.1) is 13.8 Å². The molecule has 26 heavy (non-hydrogen) atoms. The predicted molar refractivity (Wildman–Crippen MR) is 100 cm³/mol. The number of aromatic nitrogens is 2. The quantitative estimate of drug-likeness (QED) is 0.610. The van der Waals surface area contributed by atoms with Crippen LogP contribution in [-0.2, 0) is 30.7 Å². The molecule has 138 valence electrons. The van der Waals surface area contributed by atoms with E-state index in [1.54, 1.807) is 0 Å². The van der Waals surface area contributed by atoms with Crippen LogP contribution in [0.3, 0.4) is 0 Å². The molecule has 2 aliphatic rings. The summed E-state index contributed by atoms with van der Waals surface area (Å²) in [6, 6.07) is 4.24. The van der Waals surface area contributed by atoms with Crippen molar-refractivity contribution in [1.82, 2.24) is 4.57 Å². The molecule has 4 heteroatoms. The molecule has 4 rings (SSSR count). The van der Waals surface area contributed by atoms with Crippen molar-refractivity contribution in [2.45, 2.75) is 71.6 Å². The molecule has 0 unspecified atom stereocenters. The Morgan fingerprint density at radius 3 is 2.81 bits per heavy atom. The van der Waals surface area contributed by atoms with Crippen molar-refractivity contribution in [2.75, 3.05) is 6.61 Å². The van der Waals surface area contributed by atoms with Crippen molar-refractivity contribution in [1.29, 1.82) is 0 Å². The van der Waals surface area contributed by atoms with E-state index in [1.165, 1.54) is 30.4 Å². The predicted octanol–water partition coefficient (Wildman–Crippen LogP) is 3.33. The molecule has 1 atom stereocenters. The second-order valence-corrected chi connectivity index (χ2v) is 7.83. The fourth-order valence-electron chi connectivity index (χ4n) is 4.42. The Morgan fingerprint density at radius 2 is 2.04 bits per heavy atom. The van der Waals surface area contributed by atoms with Gasteiger partial charge in [0.2, 0.25) is 12.3 Å². The highest BCUT2D eigenvalue weighted by Crippen LogP contribution is 2.21. The van der Waals surface area contributed by atoms with Crippen LogP contribution in [0.15, 0.2) is 24.5 Å². The minimum Gasteiger partial charge on any atom is -0.376 e. The lowest BCUT2D eigenvalue weighted by Gasteiger charge is -2.15. The number of nitrogens with zero attached hydrogens (tertiary/aromatic N) is 2. The van der Waals surface area contributed by atoms with Crippen molar-refractivity contribution in [3.05, 3.63) is 52.6 Å². The Hall–Kier alpha value is -1.94. The largest absolute Gasteiger partial charge is 0.376 e. The number of ether oxygens (including phenoxy) is 1. The molecule has 2 aromatic heterocycles. The van der Waals surface area contributed by atoms with E-state index in [2.05, 4.69) is 41.4 Å². The topological polar surface area (TPSA) is 35.1 Å². The number of rotatable bonds is 5. The SMILES string of the molecule is Cc1cc(C(=O)C[n+]2ccc3c(c2)CCCC3)c(C)n1C[C@H]1CCCO1. The van der Waals surface area contributed by atoms with E-state index in [4.69, 9.17) is 4.74 Å². The van der Waals surface area contributed by atoms with Gasteiger partial charge < -0.3 is 9.30 Å². The summed E-state index contributed by atoms with van der Waals surface area (Å²) >= 11 is 0. The summed E-state index contributed by atoms with van der Waals surface area (Å²) in [5, 5.41) is 0. The maximum Gasteiger partial charge on any atom is 0.229 e. The molecule has 1 fully saturated rings. The number of carbonyl (C=O) groups excluding carboxylic acids is 1. The first kappa shape index (κ1) is 17.5. The number of hydrogen-bond donors (Lipinski definition) is 0. The van der Waals surface area contributed by atoms with Gasteiger partial charge in [-0.15, -0.1) is 0 Å². The number of pyridine rings is 1. The van der Waals surface area contributed by atoms with E-state index in [0.717, 1.165) is 49.4 Å². The first-order valence-corrected chi connectivity index (χ1v) is 9.94. The average Bonchev–Trinajstić information content (AvgIpc) is 3.25. The number of fused-ring (bicyclic) bond motifs is 1. The third-order valence-electron chi connectivity index (χ3n) is 5.95. The van der Waals surface area contributed by atoms with Gasteiger partial charge in [0.05, 0.1) is 6.10 Å². The maximum atomic E-state index is 12.9. The van der Waals surface area contributed by atoms with Gasteiger partial charge in [0, 0.05) is 41.7 Å². The molecule has 0 aromatic carbocycles. The maximum absolute atomic E-state index is 12.9. The highest BCUT2D eigenvalue weighted by molar-refractivity contribution is 5.96. The van der Waals surface area contributed by atoms with Crippen LogP contribution in [0.4, 0.5) is 0 Å². The van der Waals surface area contributed by atoms with Crippen LogP contribution < -0.4 is 4.57 Å². The monoisotopic (exact) mass is 353 g/mol. The van der Waals surface area contributed by atoms with Gasteiger partial charge in [0.1, 0.15) is 0 Å². The first-order chi connectivity index (χ1) is 12.6. The van der Waals surface area contributed by atoms with E-state index in [1.807, 2.05) is 6.07 Å². The van der Waals surface area contributed by atoms with E-state index in [9.17, 15) is 4.79 Å². The van der Waals surface area contributed by atoms with Crippen LogP contribution >= 0.6 is 0 Å². The number of Topliss-reactive ketones (excluding diaryl/α,β-unsaturated/α-hetero) is 1. The molecule has 0 saturated carbocycles. The van der Waals surface area contributed by atoms with E-state index >= 15 is 0 Å². The first-order valence-electron chi connectivity index (χ1n) is 9.94. The lowest BCUT2D eigenvalue weighted by Crippen LogP contribution is -2.38. The van der Waals surface area contributed by atoms with Gasteiger partial charge in [0.25, 0.3) is 0 Å². The Balaban J connectivity index is 1.51. The summed E-state index contributed by atoms with van der Waals surface area (Å²) in [5.74, 6) is 0.192. The standard InChI is InChI=1S/C22H29N2O2/c1-16-12-21(17(2)24(16)14-20-8-5-11-26-20)22(25)15-23-10-9-18-6-3-4-7-19(18)13-23/h9-10,12-13,20H,3-8,11,14-15H2,1-2H3/q+1/t20-/m1/s1. The van der Waals surface area contributed by atoms with Crippen molar-refractivity contribution < 1.29 is 14.1 Å². The molecule has 0 radical (unpaired) electrons. The normalized spacial score (nSPS) is 19.5. The van der Waals surface area contributed by atoms with Crippen LogP contribution in [0.2, 0.25) is 0 Å². The fraction of sp³-hybridized carbons (Fsp3) is 0.545. The van der Waals surface area contributed by atoms with Gasteiger partial charge >= 0.3 is 0 Å². The van der Waals surface area contributed by atoms with Crippen LogP contribution in [0.1, 0.15) is 58.6 Å². The van der Waals surface area contributed by atoms with E-state index < -0.39 is 0 Å². The lowest BCUT2D eigenvalue weighted by atomic mass is 9.93. The van der Waals surface area contributed by atoms with Gasteiger partial charge in [-0.3, -0.25) is 4.79 Å². The molecule has 3 heterocycles. The molecule has 2 aromatic rings. The van der Waals surface area contributed by atoms with Crippen molar-refractivity contribution in [3.63, 3.8) is 0 Å². The van der Waals surface area contributed by atoms with E-state index in [-0.39, 0.29) is 11.9 Å². The highest BCUT2D eigenvalue weighted by Gasteiger charge is 2.23. The highest BCUT2D eigenvalue weighted by atomic mass is 16.5. The third kappa shape index (κ3) is 3.48. The average molecular weight is 353 g/mol. The zero-order chi connectivity index (χ0) is 18.1. The Kier molecular flexibility index (Phi) is 4.94. The summed E-state index contributed by atoms with van der Waals surface area (Å²) in [5.41, 5.74) is 5.94. The second kappa shape index (κ2) is 7.36. The van der Waals surface area contributed by atoms with Crippen LogP contribution in [0.5, 0.6) is 0 Å². The fourth-order valence-corrected chi connectivity index (χ4v) is 4.42. The van der Waals surface area contributed by atoms with Gasteiger partial charge in [-0.05, 0) is 64.0 Å². The van der Waals surface area contributed by atoms with Gasteiger partial charge in [0.15, 0.2) is 12.4 Å². The Morgan fingerprint density at radius 1 is 1.23 bits per heavy atom. The minimum atomic E-state index is 0.192. The summed E-state index contributed by atoms with van der Waals surface area (Å²) in [7, 11) is 0. The van der Waals surface area contributed by atoms with Gasteiger partial charge in [-0.2, -0.15) is 4.57 Å². The number of carbonyl (C=O) groups is 1. The van der Waals surface area contributed by atoms with Gasteiger partial charge in [-0.25, -0.2) is 0 Å². The molecule has 0 bridgehead atoms. The summed E-state index contributed by atoms with van der Waals surface area (Å²) < 4.78 is 10.1. The Bertz CT molecular complexity index is 816. The molecule has 0 spiro atoms. The molecule has 0 N–H and O–H groups in total. The number of aryl methyl sites for hydroxylation is 3. The number of ketones is 1. The molecule has 1 aliphatic heterocycles. The van der Waals surface area contributed by atoms with Crippen molar-refractivity contribution >= 4 is 5.78 Å². The van der Waals surface area contributed by atoms with Crippen molar-refractivity contribution in [3.8, 4) is 0 Å². The van der Waals surface area contributed by atoms with Gasteiger partial charge in [-0.1, -0.05) is 0 Å². The molecular formula is C22H29N2O2+. The summed E-state index contributed by atoms with van der Waals surface area (Å²) in [6.07, 6.45) is 11.6. The zero-order valence-electron chi connectivity index (χ0n) is 16.0. The molecule has 4 nitrogen and oxygen atoms in total. The van der Waals surface area contributed by atoms with Crippen molar-refractivity contribution in [2.24, 2.45) is 0 Å².